The molecule has 0 bridgehead atoms. The van der Waals surface area contributed by atoms with Gasteiger partial charge in [-0.05, 0) is 52.1 Å². The van der Waals surface area contributed by atoms with Crippen molar-refractivity contribution < 1.29 is 14.6 Å². The van der Waals surface area contributed by atoms with Gasteiger partial charge in [0.15, 0.2) is 0 Å². The average Bonchev–Trinajstić information content (AvgIpc) is 3.28. The number of benzene rings is 2. The molecule has 0 fully saturated rings. The van der Waals surface area contributed by atoms with E-state index in [2.05, 4.69) is 0 Å². The maximum Gasteiger partial charge on any atom is 0.223 e. The Kier molecular flexibility index (Phi) is 7.23. The fraction of sp³-hybridized carbons (Fsp3) is 0.261. The van der Waals surface area contributed by atoms with Crippen LogP contribution in [0, 0.1) is 0 Å². The maximum atomic E-state index is 12.9. The van der Waals surface area contributed by atoms with E-state index in [-0.39, 0.29) is 12.5 Å². The van der Waals surface area contributed by atoms with Crippen molar-refractivity contribution in [1.82, 2.24) is 4.90 Å². The van der Waals surface area contributed by atoms with Crippen LogP contribution in [-0.2, 0) is 17.8 Å². The van der Waals surface area contributed by atoms with Crippen molar-refractivity contribution in [3.05, 3.63) is 88.1 Å². The first-order valence-electron chi connectivity index (χ1n) is 9.30. The lowest BCUT2D eigenvalue weighted by atomic mass is 10.1. The van der Waals surface area contributed by atoms with Crippen molar-refractivity contribution in [2.24, 2.45) is 0 Å². The molecule has 1 N–H and O–H groups in total. The van der Waals surface area contributed by atoms with Crippen molar-refractivity contribution in [3.8, 4) is 5.75 Å². The highest BCUT2D eigenvalue weighted by Crippen LogP contribution is 2.20. The number of hydrogen-bond acceptors (Lipinski definition) is 4. The van der Waals surface area contributed by atoms with Gasteiger partial charge in [0.05, 0.1) is 19.8 Å². The molecule has 0 radical (unpaired) electrons. The average molecular weight is 396 g/mol. The molecule has 1 heterocycles. The zero-order chi connectivity index (χ0) is 19.8. The Morgan fingerprint density at radius 3 is 2.46 bits per heavy atom. The number of aryl methyl sites for hydroxylation is 1. The van der Waals surface area contributed by atoms with Crippen molar-refractivity contribution in [2.45, 2.75) is 25.5 Å². The number of ether oxygens (including phenoxy) is 1. The number of aliphatic hydroxyl groups is 1. The zero-order valence-corrected chi connectivity index (χ0v) is 16.8. The molecule has 0 aliphatic carbocycles. The zero-order valence-electron chi connectivity index (χ0n) is 16.0. The largest absolute Gasteiger partial charge is 0.497 e. The summed E-state index contributed by atoms with van der Waals surface area (Å²) >= 11 is 1.54. The molecule has 0 spiro atoms. The van der Waals surface area contributed by atoms with Gasteiger partial charge < -0.3 is 14.7 Å². The summed E-state index contributed by atoms with van der Waals surface area (Å²) in [5, 5.41) is 14.4. The molecule has 0 saturated heterocycles. The standard InChI is InChI=1S/C23H25NO3S/c1-27-21-10-7-18(8-11-21)9-12-23(26)24(15-19-5-3-2-4-6-19)16-22(25)20-13-14-28-17-20/h2-8,10-11,13-14,17,22,25H,9,12,15-16H2,1H3. The van der Waals surface area contributed by atoms with E-state index in [4.69, 9.17) is 4.74 Å². The minimum Gasteiger partial charge on any atom is -0.497 e. The summed E-state index contributed by atoms with van der Waals surface area (Å²) in [6.07, 6.45) is 0.373. The fourth-order valence-electron chi connectivity index (χ4n) is 3.04. The highest BCUT2D eigenvalue weighted by atomic mass is 32.1. The van der Waals surface area contributed by atoms with E-state index in [1.54, 1.807) is 23.3 Å². The molecule has 0 aliphatic heterocycles. The van der Waals surface area contributed by atoms with Crippen molar-refractivity contribution in [1.29, 1.82) is 0 Å². The Morgan fingerprint density at radius 2 is 1.82 bits per heavy atom. The first-order chi connectivity index (χ1) is 13.7. The Balaban J connectivity index is 1.66. The van der Waals surface area contributed by atoms with Gasteiger partial charge in [-0.2, -0.15) is 11.3 Å². The molecule has 1 aromatic heterocycles. The summed E-state index contributed by atoms with van der Waals surface area (Å²) in [6.45, 7) is 0.774. The predicted octanol–water partition coefficient (Wildman–Crippen LogP) is 4.45. The molecule has 5 heteroatoms. The van der Waals surface area contributed by atoms with Crippen LogP contribution in [0.2, 0.25) is 0 Å². The van der Waals surface area contributed by atoms with E-state index in [1.807, 2.05) is 71.4 Å². The van der Waals surface area contributed by atoms with Gasteiger partial charge in [-0.15, -0.1) is 0 Å². The van der Waals surface area contributed by atoms with Crippen LogP contribution in [0.1, 0.15) is 29.2 Å². The molecule has 1 amide bonds. The van der Waals surface area contributed by atoms with Gasteiger partial charge >= 0.3 is 0 Å². The van der Waals surface area contributed by atoms with Crippen LogP contribution < -0.4 is 4.74 Å². The van der Waals surface area contributed by atoms with Crippen LogP contribution in [0.4, 0.5) is 0 Å². The first-order valence-corrected chi connectivity index (χ1v) is 10.2. The summed E-state index contributed by atoms with van der Waals surface area (Å²) in [5.41, 5.74) is 3.00. The van der Waals surface area contributed by atoms with Crippen molar-refractivity contribution in [2.75, 3.05) is 13.7 Å². The fourth-order valence-corrected chi connectivity index (χ4v) is 3.75. The smallest absolute Gasteiger partial charge is 0.223 e. The van der Waals surface area contributed by atoms with Gasteiger partial charge in [-0.1, -0.05) is 42.5 Å². The van der Waals surface area contributed by atoms with E-state index in [0.717, 1.165) is 22.4 Å². The lowest BCUT2D eigenvalue weighted by Crippen LogP contribution is -2.34. The Hall–Kier alpha value is -2.63. The highest BCUT2D eigenvalue weighted by molar-refractivity contribution is 7.07. The number of carbonyl (C=O) groups is 1. The van der Waals surface area contributed by atoms with Crippen molar-refractivity contribution in [3.63, 3.8) is 0 Å². The van der Waals surface area contributed by atoms with Crippen LogP contribution in [-0.4, -0.2) is 29.6 Å². The normalized spacial score (nSPS) is 11.8. The Labute approximate surface area is 170 Å². The number of carbonyl (C=O) groups excluding carboxylic acids is 1. The van der Waals surface area contributed by atoms with Gasteiger partial charge in [-0.3, -0.25) is 4.79 Å². The maximum absolute atomic E-state index is 12.9. The minimum atomic E-state index is -0.681. The van der Waals surface area contributed by atoms with Crippen LogP contribution in [0.15, 0.2) is 71.4 Å². The number of aliphatic hydroxyl groups excluding tert-OH is 1. The molecule has 1 unspecified atom stereocenters. The van der Waals surface area contributed by atoms with Gasteiger partial charge in [-0.25, -0.2) is 0 Å². The molecule has 0 saturated carbocycles. The summed E-state index contributed by atoms with van der Waals surface area (Å²) in [7, 11) is 1.64. The first kappa shape index (κ1) is 20.1. The molecule has 3 rings (SSSR count). The van der Waals surface area contributed by atoms with E-state index in [9.17, 15) is 9.90 Å². The summed E-state index contributed by atoms with van der Waals surface area (Å²) in [5.74, 6) is 0.841. The number of thiophene rings is 1. The van der Waals surface area contributed by atoms with Gasteiger partial charge in [0, 0.05) is 13.0 Å². The quantitative estimate of drug-likeness (QED) is 0.582. The monoisotopic (exact) mass is 395 g/mol. The second kappa shape index (κ2) is 10.1. The van der Waals surface area contributed by atoms with Crippen LogP contribution in [0.3, 0.4) is 0 Å². The molecular formula is C23H25NO3S. The molecule has 3 aromatic rings. The van der Waals surface area contributed by atoms with Crippen molar-refractivity contribution >= 4 is 17.2 Å². The number of rotatable bonds is 9. The topological polar surface area (TPSA) is 49.8 Å². The second-order valence-electron chi connectivity index (χ2n) is 6.68. The predicted molar refractivity (Wildman–Crippen MR) is 112 cm³/mol. The highest BCUT2D eigenvalue weighted by Gasteiger charge is 2.19. The lowest BCUT2D eigenvalue weighted by Gasteiger charge is -2.25. The summed E-state index contributed by atoms with van der Waals surface area (Å²) in [4.78, 5) is 14.7. The van der Waals surface area contributed by atoms with Crippen LogP contribution in [0.25, 0.3) is 0 Å². The van der Waals surface area contributed by atoms with E-state index >= 15 is 0 Å². The molecule has 0 aliphatic rings. The van der Waals surface area contributed by atoms with E-state index < -0.39 is 6.10 Å². The Morgan fingerprint density at radius 1 is 1.07 bits per heavy atom. The third kappa shape index (κ3) is 5.68. The number of amides is 1. The molecule has 146 valence electrons. The van der Waals surface area contributed by atoms with Gasteiger partial charge in [0.25, 0.3) is 0 Å². The number of hydrogen-bond donors (Lipinski definition) is 1. The van der Waals surface area contributed by atoms with Gasteiger partial charge in [0.2, 0.25) is 5.91 Å². The van der Waals surface area contributed by atoms with E-state index in [0.29, 0.717) is 19.4 Å². The number of methoxy groups -OCH3 is 1. The Bertz CT molecular complexity index is 847. The lowest BCUT2D eigenvalue weighted by molar-refractivity contribution is -0.133. The second-order valence-corrected chi connectivity index (χ2v) is 7.46. The molecule has 4 nitrogen and oxygen atoms in total. The van der Waals surface area contributed by atoms with Gasteiger partial charge in [0.1, 0.15) is 5.75 Å². The molecule has 1 atom stereocenters. The van der Waals surface area contributed by atoms with E-state index in [1.165, 1.54) is 0 Å². The van der Waals surface area contributed by atoms with Crippen LogP contribution >= 0.6 is 11.3 Å². The minimum absolute atomic E-state index is 0.0361. The molecular weight excluding hydrogens is 370 g/mol. The summed E-state index contributed by atoms with van der Waals surface area (Å²) < 4.78 is 5.18. The van der Waals surface area contributed by atoms with Crippen LogP contribution in [0.5, 0.6) is 5.75 Å². The third-order valence-corrected chi connectivity index (χ3v) is 5.38. The number of nitrogens with zero attached hydrogens (tertiary/aromatic N) is 1. The third-order valence-electron chi connectivity index (χ3n) is 4.68. The summed E-state index contributed by atoms with van der Waals surface area (Å²) in [6, 6.07) is 19.6. The molecule has 28 heavy (non-hydrogen) atoms. The SMILES string of the molecule is COc1ccc(CCC(=O)N(Cc2ccccc2)CC(O)c2ccsc2)cc1. The molecule has 2 aromatic carbocycles.